The quantitative estimate of drug-likeness (QED) is 0.613. The molecule has 0 atom stereocenters. The van der Waals surface area contributed by atoms with E-state index in [0.29, 0.717) is 5.69 Å². The topological polar surface area (TPSA) is 58.2 Å². The SMILES string of the molecule is O=S(=O)(Nc1ccc(NCCc2ccccc2)cc1)c1ccccc1Cl. The highest BCUT2D eigenvalue weighted by Crippen LogP contribution is 2.24. The number of benzene rings is 3. The molecule has 3 rings (SSSR count). The number of hydrogen-bond donors (Lipinski definition) is 2. The van der Waals surface area contributed by atoms with Crippen LogP contribution in [0.5, 0.6) is 0 Å². The zero-order valence-electron chi connectivity index (χ0n) is 14.0. The molecule has 0 saturated heterocycles. The fraction of sp³-hybridized carbons (Fsp3) is 0.100. The van der Waals surface area contributed by atoms with Gasteiger partial charge in [-0.2, -0.15) is 0 Å². The lowest BCUT2D eigenvalue weighted by molar-refractivity contribution is 0.601. The van der Waals surface area contributed by atoms with Crippen molar-refractivity contribution in [2.24, 2.45) is 0 Å². The standard InChI is InChI=1S/C20H19ClN2O2S/c21-19-8-4-5-9-20(19)26(24,25)23-18-12-10-17(11-13-18)22-15-14-16-6-2-1-3-7-16/h1-13,22-23H,14-15H2. The molecule has 0 bridgehead atoms. The van der Waals surface area contributed by atoms with Crippen LogP contribution in [0.15, 0.2) is 83.8 Å². The minimum absolute atomic E-state index is 0.0618. The van der Waals surface area contributed by atoms with E-state index in [4.69, 9.17) is 11.6 Å². The van der Waals surface area contributed by atoms with Crippen LogP contribution in [0.2, 0.25) is 5.02 Å². The van der Waals surface area contributed by atoms with Gasteiger partial charge in [-0.3, -0.25) is 4.72 Å². The van der Waals surface area contributed by atoms with Gasteiger partial charge < -0.3 is 5.32 Å². The number of anilines is 2. The van der Waals surface area contributed by atoms with Gasteiger partial charge in [-0.1, -0.05) is 54.1 Å². The third-order valence-corrected chi connectivity index (χ3v) is 5.73. The van der Waals surface area contributed by atoms with Crippen LogP contribution >= 0.6 is 11.6 Å². The van der Waals surface area contributed by atoms with Crippen LogP contribution in [0.3, 0.4) is 0 Å². The fourth-order valence-electron chi connectivity index (χ4n) is 2.52. The summed E-state index contributed by atoms with van der Waals surface area (Å²) in [6.07, 6.45) is 0.918. The molecular weight excluding hydrogens is 368 g/mol. The monoisotopic (exact) mass is 386 g/mol. The van der Waals surface area contributed by atoms with E-state index in [1.807, 2.05) is 30.3 Å². The van der Waals surface area contributed by atoms with E-state index in [0.717, 1.165) is 18.7 Å². The summed E-state index contributed by atoms with van der Waals surface area (Å²) < 4.78 is 27.4. The maximum atomic E-state index is 12.4. The lowest BCUT2D eigenvalue weighted by Gasteiger charge is -2.11. The molecule has 0 aromatic heterocycles. The second kappa shape index (κ2) is 8.25. The highest BCUT2D eigenvalue weighted by molar-refractivity contribution is 7.92. The van der Waals surface area contributed by atoms with Gasteiger partial charge in [0.25, 0.3) is 10.0 Å². The van der Waals surface area contributed by atoms with Crippen LogP contribution in [0, 0.1) is 0 Å². The van der Waals surface area contributed by atoms with Crippen molar-refractivity contribution < 1.29 is 8.42 Å². The molecular formula is C20H19ClN2O2S. The van der Waals surface area contributed by atoms with Crippen LogP contribution in [0.1, 0.15) is 5.56 Å². The minimum Gasteiger partial charge on any atom is -0.385 e. The molecule has 26 heavy (non-hydrogen) atoms. The zero-order valence-corrected chi connectivity index (χ0v) is 15.6. The summed E-state index contributed by atoms with van der Waals surface area (Å²) in [5, 5.41) is 3.52. The number of rotatable bonds is 7. The van der Waals surface area contributed by atoms with E-state index in [1.165, 1.54) is 11.6 Å². The van der Waals surface area contributed by atoms with E-state index in [-0.39, 0.29) is 9.92 Å². The molecule has 0 aliphatic carbocycles. The third-order valence-electron chi connectivity index (χ3n) is 3.85. The molecule has 4 nitrogen and oxygen atoms in total. The Morgan fingerprint density at radius 1 is 0.769 bits per heavy atom. The maximum Gasteiger partial charge on any atom is 0.263 e. The molecule has 0 saturated carbocycles. The number of nitrogens with one attached hydrogen (secondary N) is 2. The first kappa shape index (κ1) is 18.3. The average molecular weight is 387 g/mol. The number of halogens is 1. The van der Waals surface area contributed by atoms with Gasteiger partial charge >= 0.3 is 0 Å². The van der Waals surface area contributed by atoms with E-state index in [2.05, 4.69) is 22.2 Å². The van der Waals surface area contributed by atoms with Crippen molar-refractivity contribution in [3.63, 3.8) is 0 Å². The first-order chi connectivity index (χ1) is 12.5. The lowest BCUT2D eigenvalue weighted by Crippen LogP contribution is -2.13. The third kappa shape index (κ3) is 4.77. The normalized spacial score (nSPS) is 11.1. The van der Waals surface area contributed by atoms with Crippen LogP contribution in [-0.2, 0) is 16.4 Å². The minimum atomic E-state index is -3.71. The van der Waals surface area contributed by atoms with Gasteiger partial charge in [0.15, 0.2) is 0 Å². The molecule has 0 spiro atoms. The summed E-state index contributed by atoms with van der Waals surface area (Å²) in [6, 6.07) is 23.7. The van der Waals surface area contributed by atoms with Gasteiger partial charge in [-0.15, -0.1) is 0 Å². The summed E-state index contributed by atoms with van der Waals surface area (Å²) in [5.41, 5.74) is 2.68. The lowest BCUT2D eigenvalue weighted by atomic mass is 10.1. The zero-order chi connectivity index (χ0) is 18.4. The predicted molar refractivity (Wildman–Crippen MR) is 107 cm³/mol. The van der Waals surface area contributed by atoms with Gasteiger partial charge in [0.1, 0.15) is 4.90 Å². The summed E-state index contributed by atoms with van der Waals surface area (Å²) in [4.78, 5) is 0.0618. The Bertz CT molecular complexity index is 959. The Morgan fingerprint density at radius 3 is 2.08 bits per heavy atom. The molecule has 0 heterocycles. The van der Waals surface area contributed by atoms with Gasteiger partial charge in [-0.25, -0.2) is 8.42 Å². The van der Waals surface area contributed by atoms with Crippen molar-refractivity contribution in [2.45, 2.75) is 11.3 Å². The molecule has 0 amide bonds. The Kier molecular flexibility index (Phi) is 5.81. The Labute approximate surface area is 158 Å². The first-order valence-electron chi connectivity index (χ1n) is 8.20. The smallest absolute Gasteiger partial charge is 0.263 e. The van der Waals surface area contributed by atoms with Crippen LogP contribution in [-0.4, -0.2) is 15.0 Å². The molecule has 3 aromatic carbocycles. The van der Waals surface area contributed by atoms with Crippen molar-refractivity contribution in [3.8, 4) is 0 Å². The highest BCUT2D eigenvalue weighted by Gasteiger charge is 2.17. The Hall–Kier alpha value is -2.50. The molecule has 0 unspecified atom stereocenters. The maximum absolute atomic E-state index is 12.4. The molecule has 6 heteroatoms. The molecule has 0 radical (unpaired) electrons. The molecule has 0 aliphatic heterocycles. The summed E-state index contributed by atoms with van der Waals surface area (Å²) in [7, 11) is -3.71. The van der Waals surface area contributed by atoms with E-state index in [9.17, 15) is 8.42 Å². The van der Waals surface area contributed by atoms with Crippen molar-refractivity contribution in [2.75, 3.05) is 16.6 Å². The van der Waals surface area contributed by atoms with Crippen LogP contribution < -0.4 is 10.0 Å². The van der Waals surface area contributed by atoms with Crippen molar-refractivity contribution in [1.29, 1.82) is 0 Å². The number of hydrogen-bond acceptors (Lipinski definition) is 3. The van der Waals surface area contributed by atoms with Crippen LogP contribution in [0.4, 0.5) is 11.4 Å². The van der Waals surface area contributed by atoms with E-state index < -0.39 is 10.0 Å². The Balaban J connectivity index is 1.60. The molecule has 134 valence electrons. The molecule has 0 aliphatic rings. The Morgan fingerprint density at radius 2 is 1.38 bits per heavy atom. The van der Waals surface area contributed by atoms with Gasteiger partial charge in [0.05, 0.1) is 5.02 Å². The van der Waals surface area contributed by atoms with Gasteiger partial charge in [0, 0.05) is 17.9 Å². The van der Waals surface area contributed by atoms with Gasteiger partial charge in [0.2, 0.25) is 0 Å². The highest BCUT2D eigenvalue weighted by atomic mass is 35.5. The average Bonchev–Trinajstić information content (AvgIpc) is 2.64. The fourth-order valence-corrected chi connectivity index (χ4v) is 4.10. The second-order valence-electron chi connectivity index (χ2n) is 5.78. The summed E-state index contributed by atoms with van der Waals surface area (Å²) in [5.74, 6) is 0. The van der Waals surface area contributed by atoms with Crippen molar-refractivity contribution in [3.05, 3.63) is 89.4 Å². The van der Waals surface area contributed by atoms with Crippen molar-refractivity contribution >= 4 is 33.0 Å². The second-order valence-corrected chi connectivity index (χ2v) is 7.83. The summed E-state index contributed by atoms with van der Waals surface area (Å²) in [6.45, 7) is 0.800. The predicted octanol–water partition coefficient (Wildman–Crippen LogP) is 4.80. The molecule has 0 fully saturated rings. The first-order valence-corrected chi connectivity index (χ1v) is 10.1. The summed E-state index contributed by atoms with van der Waals surface area (Å²) >= 11 is 5.98. The van der Waals surface area contributed by atoms with E-state index in [1.54, 1.807) is 30.3 Å². The van der Waals surface area contributed by atoms with Crippen LogP contribution in [0.25, 0.3) is 0 Å². The largest absolute Gasteiger partial charge is 0.385 e. The number of sulfonamides is 1. The van der Waals surface area contributed by atoms with Gasteiger partial charge in [-0.05, 0) is 48.4 Å². The molecule has 3 aromatic rings. The van der Waals surface area contributed by atoms with E-state index >= 15 is 0 Å². The molecule has 2 N–H and O–H groups in total. The van der Waals surface area contributed by atoms with Crippen molar-refractivity contribution in [1.82, 2.24) is 0 Å².